The number of carbonyl (C=O) groups is 1. The van der Waals surface area contributed by atoms with Crippen molar-refractivity contribution in [1.29, 1.82) is 0 Å². The largest absolute Gasteiger partial charge is 0.394 e. The molecule has 9 heteroatoms. The summed E-state index contributed by atoms with van der Waals surface area (Å²) in [5.74, 6) is -0.380. The number of H-pyrrole nitrogens is 1. The molecule has 0 radical (unpaired) electrons. The molecule has 1 unspecified atom stereocenters. The minimum Gasteiger partial charge on any atom is -0.394 e. The van der Waals surface area contributed by atoms with Crippen molar-refractivity contribution in [1.82, 2.24) is 9.55 Å². The number of aromatic amines is 1. The highest BCUT2D eigenvalue weighted by molar-refractivity contribution is 5.81. The van der Waals surface area contributed by atoms with Gasteiger partial charge in [0.05, 0.1) is 18.6 Å². The quantitative estimate of drug-likeness (QED) is 0.557. The van der Waals surface area contributed by atoms with Crippen LogP contribution in [0, 0.1) is 0 Å². The Morgan fingerprint density at radius 3 is 2.50 bits per heavy atom. The number of nitrogens with zero attached hydrogens (tertiary/aromatic N) is 1. The summed E-state index contributed by atoms with van der Waals surface area (Å²) in [6.07, 6.45) is 0.114. The summed E-state index contributed by atoms with van der Waals surface area (Å²) < 4.78 is 6.45. The van der Waals surface area contributed by atoms with E-state index in [1.807, 2.05) is 37.3 Å². The lowest BCUT2D eigenvalue weighted by atomic mass is 9.96. The highest BCUT2D eigenvalue weighted by atomic mass is 16.5. The summed E-state index contributed by atoms with van der Waals surface area (Å²) >= 11 is 0. The Kier molecular flexibility index (Phi) is 7.68. The summed E-state index contributed by atoms with van der Waals surface area (Å²) in [4.78, 5) is 35.3. The minimum absolute atomic E-state index is 0.133. The van der Waals surface area contributed by atoms with E-state index in [-0.39, 0.29) is 24.9 Å². The molecule has 1 saturated heterocycles. The van der Waals surface area contributed by atoms with Crippen LogP contribution in [0.2, 0.25) is 0 Å². The number of aliphatic hydroxyl groups excluding tert-OH is 2. The van der Waals surface area contributed by atoms with Gasteiger partial charge in [-0.2, -0.15) is 0 Å². The Labute approximate surface area is 161 Å². The van der Waals surface area contributed by atoms with Gasteiger partial charge in [0.25, 0.3) is 5.56 Å². The topological polar surface area (TPSA) is 148 Å². The number of hydrogen-bond acceptors (Lipinski definition) is 6. The van der Waals surface area contributed by atoms with Crippen LogP contribution in [0.25, 0.3) is 0 Å². The highest BCUT2D eigenvalue weighted by Gasteiger charge is 2.34. The molecule has 1 aromatic heterocycles. The molecule has 0 spiro atoms. The Morgan fingerprint density at radius 2 is 2.00 bits per heavy atom. The molecular weight excluding hydrogens is 366 g/mol. The number of aromatic nitrogens is 2. The third kappa shape index (κ3) is 5.38. The number of carbonyl (C=O) groups excluding carboxylic acids is 1. The van der Waals surface area contributed by atoms with E-state index < -0.39 is 29.7 Å². The average molecular weight is 391 g/mol. The van der Waals surface area contributed by atoms with Crippen molar-refractivity contribution >= 4 is 5.91 Å². The van der Waals surface area contributed by atoms with E-state index >= 15 is 0 Å². The highest BCUT2D eigenvalue weighted by Crippen LogP contribution is 2.26. The van der Waals surface area contributed by atoms with Gasteiger partial charge in [0.15, 0.2) is 0 Å². The van der Waals surface area contributed by atoms with Crippen LogP contribution < -0.4 is 17.0 Å². The fourth-order valence-corrected chi connectivity index (χ4v) is 2.99. The Hall–Kier alpha value is -2.75. The smallest absolute Gasteiger partial charge is 0.330 e. The van der Waals surface area contributed by atoms with Gasteiger partial charge in [0, 0.05) is 18.7 Å². The Morgan fingerprint density at radius 1 is 1.32 bits per heavy atom. The molecule has 1 aliphatic rings. The first-order chi connectivity index (χ1) is 13.4. The zero-order valence-corrected chi connectivity index (χ0v) is 15.5. The first-order valence-corrected chi connectivity index (χ1v) is 8.97. The predicted molar refractivity (Wildman–Crippen MR) is 102 cm³/mol. The van der Waals surface area contributed by atoms with Gasteiger partial charge in [0.2, 0.25) is 5.91 Å². The predicted octanol–water partition coefficient (Wildman–Crippen LogP) is -0.157. The van der Waals surface area contributed by atoms with Crippen molar-refractivity contribution in [3.05, 3.63) is 69.0 Å². The third-order valence-electron chi connectivity index (χ3n) is 4.50. The zero-order chi connectivity index (χ0) is 20.7. The second-order valence-corrected chi connectivity index (χ2v) is 6.41. The second kappa shape index (κ2) is 9.98. The molecule has 28 heavy (non-hydrogen) atoms. The fraction of sp³-hybridized carbons (Fsp3) is 0.421. The first-order valence-electron chi connectivity index (χ1n) is 8.97. The van der Waals surface area contributed by atoms with Gasteiger partial charge in [-0.1, -0.05) is 37.3 Å². The molecule has 0 saturated carbocycles. The van der Waals surface area contributed by atoms with Gasteiger partial charge in [-0.25, -0.2) is 4.79 Å². The van der Waals surface area contributed by atoms with Crippen LogP contribution in [-0.4, -0.2) is 44.5 Å². The number of ether oxygens (including phenoxy) is 1. The van der Waals surface area contributed by atoms with E-state index in [9.17, 15) is 19.5 Å². The maximum atomic E-state index is 11.4. The summed E-state index contributed by atoms with van der Waals surface area (Å²) in [6, 6.07) is 10.8. The van der Waals surface area contributed by atoms with Crippen LogP contribution in [0.15, 0.2) is 52.2 Å². The molecule has 3 rings (SSSR count). The second-order valence-electron chi connectivity index (χ2n) is 6.41. The number of nitrogens with two attached hydrogens (primary N) is 1. The molecule has 1 amide bonds. The van der Waals surface area contributed by atoms with Crippen LogP contribution in [0.5, 0.6) is 0 Å². The molecule has 0 aliphatic carbocycles. The maximum Gasteiger partial charge on any atom is 0.330 e. The molecule has 2 aromatic rings. The van der Waals surface area contributed by atoms with Crippen LogP contribution in [0.1, 0.15) is 37.5 Å². The van der Waals surface area contributed by atoms with E-state index in [0.29, 0.717) is 0 Å². The van der Waals surface area contributed by atoms with Crippen molar-refractivity contribution in [3.8, 4) is 0 Å². The SMILES string of the molecule is CCC(C(N)=O)c1ccccc1.O=c1ccn([C@H]2C[C@H](O)[C@@H](CO)O2)c(=O)[nH]1. The first kappa shape index (κ1) is 21.5. The standard InChI is InChI=1S/C10H13NO.C9H12N2O5/c1-2-9(10(11)12)8-6-4-3-5-7-8;12-4-6-5(13)3-8(16-6)11-2-1-7(14)10-9(11)15/h3-7,9H,2H2,1H3,(H2,11,12);1-2,5-6,8,12-13H,3-4H2,(H,10,14,15)/t;5-,6+,8+/m.0/s1. The van der Waals surface area contributed by atoms with Crippen molar-refractivity contribution in [2.75, 3.05) is 6.61 Å². The van der Waals surface area contributed by atoms with E-state index in [0.717, 1.165) is 12.0 Å². The number of hydrogen-bond donors (Lipinski definition) is 4. The number of rotatable bonds is 5. The Balaban J connectivity index is 0.000000209. The Bertz CT molecular complexity index is 879. The lowest BCUT2D eigenvalue weighted by Gasteiger charge is -2.13. The van der Waals surface area contributed by atoms with Crippen molar-refractivity contribution in [2.45, 2.75) is 44.1 Å². The molecule has 4 atom stereocenters. The van der Waals surface area contributed by atoms with Gasteiger partial charge >= 0.3 is 5.69 Å². The van der Waals surface area contributed by atoms with Gasteiger partial charge < -0.3 is 20.7 Å². The van der Waals surface area contributed by atoms with Gasteiger partial charge in [-0.3, -0.25) is 19.1 Å². The molecular formula is C19H25N3O6. The molecule has 1 aliphatic heterocycles. The molecule has 5 N–H and O–H groups in total. The van der Waals surface area contributed by atoms with E-state index in [4.69, 9.17) is 15.6 Å². The third-order valence-corrected chi connectivity index (χ3v) is 4.50. The monoisotopic (exact) mass is 391 g/mol. The van der Waals surface area contributed by atoms with Gasteiger partial charge in [-0.15, -0.1) is 0 Å². The summed E-state index contributed by atoms with van der Waals surface area (Å²) in [6.45, 7) is 1.65. The lowest BCUT2D eigenvalue weighted by molar-refractivity contribution is -0.119. The summed E-state index contributed by atoms with van der Waals surface area (Å²) in [5.41, 5.74) is 5.17. The van der Waals surface area contributed by atoms with Crippen molar-refractivity contribution < 1.29 is 19.7 Å². The lowest BCUT2D eigenvalue weighted by Crippen LogP contribution is -2.31. The number of nitrogens with one attached hydrogen (secondary N) is 1. The minimum atomic E-state index is -0.811. The van der Waals surface area contributed by atoms with E-state index in [1.165, 1.54) is 16.8 Å². The number of benzene rings is 1. The van der Waals surface area contributed by atoms with Crippen LogP contribution in [-0.2, 0) is 9.53 Å². The molecule has 152 valence electrons. The molecule has 1 fully saturated rings. The zero-order valence-electron chi connectivity index (χ0n) is 15.5. The average Bonchev–Trinajstić information content (AvgIpc) is 3.04. The summed E-state index contributed by atoms with van der Waals surface area (Å²) in [7, 11) is 0. The molecule has 0 bridgehead atoms. The number of aliphatic hydroxyl groups is 2. The number of amides is 1. The summed E-state index contributed by atoms with van der Waals surface area (Å²) in [5, 5.41) is 18.4. The molecule has 2 heterocycles. The van der Waals surface area contributed by atoms with Gasteiger partial charge in [0.1, 0.15) is 12.3 Å². The van der Waals surface area contributed by atoms with E-state index in [1.54, 1.807) is 0 Å². The molecule has 1 aromatic carbocycles. The van der Waals surface area contributed by atoms with Crippen LogP contribution in [0.3, 0.4) is 0 Å². The van der Waals surface area contributed by atoms with Crippen LogP contribution in [0.4, 0.5) is 0 Å². The van der Waals surface area contributed by atoms with Gasteiger partial charge in [-0.05, 0) is 12.0 Å². The van der Waals surface area contributed by atoms with Crippen molar-refractivity contribution in [3.63, 3.8) is 0 Å². The maximum absolute atomic E-state index is 11.4. The van der Waals surface area contributed by atoms with Crippen molar-refractivity contribution in [2.24, 2.45) is 5.73 Å². The normalized spacial score (nSPS) is 22.2. The van der Waals surface area contributed by atoms with E-state index in [2.05, 4.69) is 4.98 Å². The van der Waals surface area contributed by atoms with Crippen LogP contribution >= 0.6 is 0 Å². The molecule has 9 nitrogen and oxygen atoms in total. The number of primary amides is 1. The fourth-order valence-electron chi connectivity index (χ4n) is 2.99.